The van der Waals surface area contributed by atoms with Crippen LogP contribution in [0.25, 0.3) is 0 Å². The zero-order chi connectivity index (χ0) is 11.1. The van der Waals surface area contributed by atoms with E-state index in [9.17, 15) is 0 Å². The van der Waals surface area contributed by atoms with Crippen molar-refractivity contribution in [3.05, 3.63) is 36.4 Å². The van der Waals surface area contributed by atoms with Crippen LogP contribution < -0.4 is 11.1 Å². The number of nitrogens with two attached hydrogens (primary N) is 1. The predicted octanol–water partition coefficient (Wildman–Crippen LogP) is 2.91. The Hall–Kier alpha value is -1.09. The van der Waals surface area contributed by atoms with Gasteiger partial charge in [0.05, 0.1) is 11.4 Å². The smallest absolute Gasteiger partial charge is 0.0574 e. The normalized spacial score (nSPS) is 9.93. The molecule has 0 unspecified atom stereocenters. The summed E-state index contributed by atoms with van der Waals surface area (Å²) in [5.74, 6) is 2.07. The quantitative estimate of drug-likeness (QED) is 0.441. The molecular formula is C12H18N2S. The van der Waals surface area contributed by atoms with Crippen molar-refractivity contribution in [2.45, 2.75) is 6.92 Å². The van der Waals surface area contributed by atoms with Crippen molar-refractivity contribution in [3.63, 3.8) is 0 Å². The number of benzene rings is 1. The minimum atomic E-state index is 0.823. The molecule has 1 aromatic rings. The number of anilines is 2. The van der Waals surface area contributed by atoms with Gasteiger partial charge in [0.2, 0.25) is 0 Å². The number of aryl methyl sites for hydroxylation is 1. The van der Waals surface area contributed by atoms with Crippen LogP contribution in [0.4, 0.5) is 11.4 Å². The summed E-state index contributed by atoms with van der Waals surface area (Å²) in [6.45, 7) is 6.66. The maximum Gasteiger partial charge on any atom is 0.0574 e. The van der Waals surface area contributed by atoms with Crippen LogP contribution in [0.3, 0.4) is 0 Å². The molecule has 0 heterocycles. The van der Waals surface area contributed by atoms with E-state index < -0.39 is 0 Å². The lowest BCUT2D eigenvalue weighted by molar-refractivity contribution is 1.23. The minimum absolute atomic E-state index is 0.823. The summed E-state index contributed by atoms with van der Waals surface area (Å²) in [6, 6.07) is 6.08. The molecule has 1 aromatic carbocycles. The molecule has 0 aromatic heterocycles. The number of thioether (sulfide) groups is 1. The van der Waals surface area contributed by atoms with Gasteiger partial charge in [-0.15, -0.1) is 6.58 Å². The number of rotatable bonds is 6. The third-order valence-electron chi connectivity index (χ3n) is 2.00. The molecule has 0 atom stereocenters. The fraction of sp³-hybridized carbons (Fsp3) is 0.333. The molecular weight excluding hydrogens is 204 g/mol. The van der Waals surface area contributed by atoms with Crippen molar-refractivity contribution in [1.82, 2.24) is 0 Å². The molecule has 15 heavy (non-hydrogen) atoms. The molecule has 82 valence electrons. The van der Waals surface area contributed by atoms with Crippen LogP contribution >= 0.6 is 11.8 Å². The van der Waals surface area contributed by atoms with E-state index in [1.165, 1.54) is 5.56 Å². The fourth-order valence-corrected chi connectivity index (χ4v) is 1.85. The Balaban J connectivity index is 2.34. The Morgan fingerprint density at radius 2 is 2.33 bits per heavy atom. The molecule has 3 N–H and O–H groups in total. The van der Waals surface area contributed by atoms with E-state index in [0.717, 1.165) is 29.4 Å². The van der Waals surface area contributed by atoms with Crippen LogP contribution in [-0.4, -0.2) is 18.1 Å². The Bertz CT molecular complexity index is 323. The van der Waals surface area contributed by atoms with Gasteiger partial charge in [0.15, 0.2) is 0 Å². The van der Waals surface area contributed by atoms with E-state index in [2.05, 4.69) is 18.0 Å². The molecule has 0 fully saturated rings. The van der Waals surface area contributed by atoms with Crippen molar-refractivity contribution < 1.29 is 0 Å². The van der Waals surface area contributed by atoms with Gasteiger partial charge in [-0.25, -0.2) is 0 Å². The van der Waals surface area contributed by atoms with Gasteiger partial charge >= 0.3 is 0 Å². The van der Waals surface area contributed by atoms with Gasteiger partial charge in [-0.3, -0.25) is 0 Å². The van der Waals surface area contributed by atoms with Gasteiger partial charge in [0.1, 0.15) is 0 Å². The minimum Gasteiger partial charge on any atom is -0.397 e. The molecule has 0 spiro atoms. The molecule has 0 amide bonds. The fourth-order valence-electron chi connectivity index (χ4n) is 1.27. The molecule has 0 radical (unpaired) electrons. The van der Waals surface area contributed by atoms with Crippen LogP contribution in [0.5, 0.6) is 0 Å². The lowest BCUT2D eigenvalue weighted by Gasteiger charge is -2.09. The molecule has 0 aliphatic rings. The number of nitrogens with one attached hydrogen (secondary N) is 1. The van der Waals surface area contributed by atoms with Gasteiger partial charge in [-0.05, 0) is 24.6 Å². The van der Waals surface area contributed by atoms with Crippen molar-refractivity contribution >= 4 is 23.1 Å². The Morgan fingerprint density at radius 3 is 3.00 bits per heavy atom. The van der Waals surface area contributed by atoms with Crippen LogP contribution in [0.15, 0.2) is 30.9 Å². The molecule has 3 heteroatoms. The third kappa shape index (κ3) is 4.30. The van der Waals surface area contributed by atoms with Crippen LogP contribution in [0.2, 0.25) is 0 Å². The predicted molar refractivity (Wildman–Crippen MR) is 71.6 cm³/mol. The van der Waals surface area contributed by atoms with Gasteiger partial charge in [0.25, 0.3) is 0 Å². The first-order valence-electron chi connectivity index (χ1n) is 5.02. The average molecular weight is 222 g/mol. The third-order valence-corrected chi connectivity index (χ3v) is 2.97. The molecule has 1 rings (SSSR count). The molecule has 0 saturated heterocycles. The first-order chi connectivity index (χ1) is 7.24. The first kappa shape index (κ1) is 12.0. The summed E-state index contributed by atoms with van der Waals surface area (Å²) in [5, 5.41) is 3.32. The second-order valence-corrected chi connectivity index (χ2v) is 4.53. The Kier molecular flexibility index (Phi) is 5.12. The van der Waals surface area contributed by atoms with Crippen molar-refractivity contribution in [3.8, 4) is 0 Å². The molecule has 0 saturated carbocycles. The number of hydrogen-bond acceptors (Lipinski definition) is 3. The maximum absolute atomic E-state index is 5.88. The standard InChI is InChI=1S/C12H18N2S/c1-3-7-15-8-6-14-12-5-4-10(2)9-11(12)13/h3-5,9,14H,1,6-8,13H2,2H3. The summed E-state index contributed by atoms with van der Waals surface area (Å²) in [4.78, 5) is 0. The topological polar surface area (TPSA) is 38.0 Å². The van der Waals surface area contributed by atoms with E-state index in [-0.39, 0.29) is 0 Å². The van der Waals surface area contributed by atoms with Crippen molar-refractivity contribution in [1.29, 1.82) is 0 Å². The van der Waals surface area contributed by atoms with Crippen LogP contribution in [-0.2, 0) is 0 Å². The second kappa shape index (κ2) is 6.40. The van der Waals surface area contributed by atoms with E-state index >= 15 is 0 Å². The molecule has 0 aliphatic carbocycles. The lowest BCUT2D eigenvalue weighted by atomic mass is 10.2. The van der Waals surface area contributed by atoms with E-state index in [0.29, 0.717) is 0 Å². The Labute approximate surface area is 95.9 Å². The number of nitrogen functional groups attached to an aromatic ring is 1. The van der Waals surface area contributed by atoms with Crippen LogP contribution in [0, 0.1) is 6.92 Å². The zero-order valence-corrected chi connectivity index (χ0v) is 9.94. The van der Waals surface area contributed by atoms with Gasteiger partial charge in [-0.2, -0.15) is 11.8 Å². The van der Waals surface area contributed by atoms with E-state index in [1.807, 2.05) is 36.9 Å². The highest BCUT2D eigenvalue weighted by Gasteiger charge is 1.97. The summed E-state index contributed by atoms with van der Waals surface area (Å²) < 4.78 is 0. The summed E-state index contributed by atoms with van der Waals surface area (Å²) >= 11 is 1.86. The molecule has 0 bridgehead atoms. The summed E-state index contributed by atoms with van der Waals surface area (Å²) in [5.41, 5.74) is 8.92. The molecule has 0 aliphatic heterocycles. The second-order valence-electron chi connectivity index (χ2n) is 3.38. The SMILES string of the molecule is C=CCSCCNc1ccc(C)cc1N. The highest BCUT2D eigenvalue weighted by molar-refractivity contribution is 7.99. The lowest BCUT2D eigenvalue weighted by Crippen LogP contribution is -2.06. The van der Waals surface area contributed by atoms with Crippen molar-refractivity contribution in [2.75, 3.05) is 29.1 Å². The maximum atomic E-state index is 5.88. The summed E-state index contributed by atoms with van der Waals surface area (Å²) in [6.07, 6.45) is 1.92. The van der Waals surface area contributed by atoms with Gasteiger partial charge in [-0.1, -0.05) is 12.1 Å². The van der Waals surface area contributed by atoms with E-state index in [1.54, 1.807) is 0 Å². The summed E-state index contributed by atoms with van der Waals surface area (Å²) in [7, 11) is 0. The first-order valence-corrected chi connectivity index (χ1v) is 6.18. The van der Waals surface area contributed by atoms with E-state index in [4.69, 9.17) is 5.73 Å². The monoisotopic (exact) mass is 222 g/mol. The number of hydrogen-bond donors (Lipinski definition) is 2. The van der Waals surface area contributed by atoms with Gasteiger partial charge < -0.3 is 11.1 Å². The van der Waals surface area contributed by atoms with Gasteiger partial charge in [0, 0.05) is 18.1 Å². The van der Waals surface area contributed by atoms with Crippen molar-refractivity contribution in [2.24, 2.45) is 0 Å². The average Bonchev–Trinajstić information content (AvgIpc) is 2.20. The Morgan fingerprint density at radius 1 is 1.53 bits per heavy atom. The molecule has 2 nitrogen and oxygen atoms in total. The zero-order valence-electron chi connectivity index (χ0n) is 9.12. The highest BCUT2D eigenvalue weighted by atomic mass is 32.2. The highest BCUT2D eigenvalue weighted by Crippen LogP contribution is 2.19. The van der Waals surface area contributed by atoms with Crippen LogP contribution in [0.1, 0.15) is 5.56 Å². The largest absolute Gasteiger partial charge is 0.397 e.